The van der Waals surface area contributed by atoms with Gasteiger partial charge in [-0.3, -0.25) is 9.59 Å². The number of ether oxygens (including phenoxy) is 2. The first kappa shape index (κ1) is 33.5. The highest BCUT2D eigenvalue weighted by Gasteiger charge is 2.19. The molecular formula is C35H31FI2N4O4. The van der Waals surface area contributed by atoms with Gasteiger partial charge in [0.25, 0.3) is 11.5 Å². The van der Waals surface area contributed by atoms with E-state index in [2.05, 4.69) is 69.4 Å². The van der Waals surface area contributed by atoms with Gasteiger partial charge in [-0.1, -0.05) is 32.0 Å². The lowest BCUT2D eigenvalue weighted by Gasteiger charge is -2.18. The van der Waals surface area contributed by atoms with Gasteiger partial charge >= 0.3 is 0 Å². The molecule has 5 aromatic rings. The van der Waals surface area contributed by atoms with Crippen LogP contribution in [0.15, 0.2) is 82.7 Å². The van der Waals surface area contributed by atoms with Gasteiger partial charge in [0.05, 0.1) is 30.9 Å². The average Bonchev–Trinajstić information content (AvgIpc) is 3.00. The summed E-state index contributed by atoms with van der Waals surface area (Å²) in [6.45, 7) is 8.42. The van der Waals surface area contributed by atoms with Crippen LogP contribution in [0.3, 0.4) is 0 Å². The molecule has 0 aliphatic heterocycles. The van der Waals surface area contributed by atoms with E-state index in [9.17, 15) is 14.0 Å². The molecule has 236 valence electrons. The lowest BCUT2D eigenvalue weighted by atomic mass is 9.96. The predicted molar refractivity (Wildman–Crippen MR) is 197 cm³/mol. The normalized spacial score (nSPS) is 11.4. The summed E-state index contributed by atoms with van der Waals surface area (Å²) >= 11 is 4.27. The second-order valence-electron chi connectivity index (χ2n) is 10.8. The summed E-state index contributed by atoms with van der Waals surface area (Å²) in [5, 5.41) is 7.74. The zero-order valence-corrected chi connectivity index (χ0v) is 29.9. The van der Waals surface area contributed by atoms with E-state index < -0.39 is 11.7 Å². The molecule has 0 saturated heterocycles. The molecule has 5 rings (SSSR count). The van der Waals surface area contributed by atoms with Gasteiger partial charge in [-0.2, -0.15) is 9.78 Å². The van der Waals surface area contributed by atoms with Crippen LogP contribution < -0.4 is 20.3 Å². The van der Waals surface area contributed by atoms with Gasteiger partial charge in [0.1, 0.15) is 17.3 Å². The number of nitrogens with one attached hydrogen (secondary N) is 1. The fraction of sp³-hybridized carbons (Fsp3) is 0.200. The number of benzene rings is 4. The Labute approximate surface area is 293 Å². The third kappa shape index (κ3) is 7.57. The monoisotopic (exact) mass is 844 g/mol. The van der Waals surface area contributed by atoms with Crippen molar-refractivity contribution in [2.45, 2.75) is 33.6 Å². The summed E-state index contributed by atoms with van der Waals surface area (Å²) in [6.07, 6.45) is 1.61. The van der Waals surface area contributed by atoms with Gasteiger partial charge in [0, 0.05) is 11.3 Å². The fourth-order valence-corrected chi connectivity index (χ4v) is 7.02. The molecule has 4 aromatic carbocycles. The molecule has 0 atom stereocenters. The van der Waals surface area contributed by atoms with Crippen LogP contribution in [0.1, 0.15) is 43.4 Å². The van der Waals surface area contributed by atoms with Crippen LogP contribution in [-0.4, -0.2) is 35.0 Å². The average molecular weight is 844 g/mol. The van der Waals surface area contributed by atoms with E-state index in [0.29, 0.717) is 34.8 Å². The molecule has 1 amide bonds. The lowest BCUT2D eigenvalue weighted by molar-refractivity contribution is -0.118. The number of rotatable bonds is 10. The number of aryl methyl sites for hydroxylation is 1. The number of para-hydroxylation sites is 1. The molecule has 46 heavy (non-hydrogen) atoms. The minimum atomic E-state index is -0.441. The molecule has 11 heteroatoms. The number of amides is 1. The Balaban J connectivity index is 1.48. The van der Waals surface area contributed by atoms with Crippen molar-refractivity contribution < 1.29 is 18.7 Å². The zero-order valence-electron chi connectivity index (χ0n) is 25.6. The molecule has 0 spiro atoms. The van der Waals surface area contributed by atoms with Gasteiger partial charge in [-0.15, -0.1) is 0 Å². The van der Waals surface area contributed by atoms with E-state index in [0.717, 1.165) is 35.1 Å². The number of aromatic nitrogens is 2. The van der Waals surface area contributed by atoms with Crippen molar-refractivity contribution in [3.8, 4) is 22.9 Å². The summed E-state index contributed by atoms with van der Waals surface area (Å²) in [4.78, 5) is 31.2. The first-order chi connectivity index (χ1) is 22.0. The van der Waals surface area contributed by atoms with E-state index in [-0.39, 0.29) is 18.1 Å². The molecule has 0 saturated carbocycles. The SMILES string of the molecule is CCOc1cc(C)c(-c2nc3ccccc3c(=O)n2N=Cc2cc(I)c(OCC(=O)Nc3cccc(F)c3)c(I)c2)cc1C(C)C. The van der Waals surface area contributed by atoms with Crippen molar-refractivity contribution in [1.82, 2.24) is 9.66 Å². The number of hydrogen-bond acceptors (Lipinski definition) is 6. The van der Waals surface area contributed by atoms with Crippen LogP contribution >= 0.6 is 45.2 Å². The highest BCUT2D eigenvalue weighted by atomic mass is 127. The lowest BCUT2D eigenvalue weighted by Crippen LogP contribution is -2.21. The molecule has 0 aliphatic carbocycles. The van der Waals surface area contributed by atoms with Crippen molar-refractivity contribution in [2.24, 2.45) is 5.10 Å². The van der Waals surface area contributed by atoms with Crippen molar-refractivity contribution in [2.75, 3.05) is 18.5 Å². The Morgan fingerprint density at radius 1 is 1.04 bits per heavy atom. The molecule has 0 unspecified atom stereocenters. The number of halogens is 3. The van der Waals surface area contributed by atoms with Crippen LogP contribution in [0.2, 0.25) is 0 Å². The topological polar surface area (TPSA) is 94.8 Å². The Hall–Kier alpha value is -3.85. The second-order valence-corrected chi connectivity index (χ2v) is 13.1. The Morgan fingerprint density at radius 2 is 1.78 bits per heavy atom. The Morgan fingerprint density at radius 3 is 2.48 bits per heavy atom. The Bertz CT molecular complexity index is 2000. The summed E-state index contributed by atoms with van der Waals surface area (Å²) in [5.74, 6) is 1.10. The molecule has 1 aromatic heterocycles. The van der Waals surface area contributed by atoms with E-state index in [4.69, 9.17) is 14.5 Å². The highest BCUT2D eigenvalue weighted by Crippen LogP contribution is 2.34. The molecule has 0 aliphatic rings. The van der Waals surface area contributed by atoms with Crippen LogP contribution in [0, 0.1) is 19.9 Å². The van der Waals surface area contributed by atoms with Gasteiger partial charge < -0.3 is 14.8 Å². The van der Waals surface area contributed by atoms with Gasteiger partial charge in [-0.25, -0.2) is 9.37 Å². The third-order valence-corrected chi connectivity index (χ3v) is 8.67. The molecule has 0 fully saturated rings. The second kappa shape index (κ2) is 14.7. The molecule has 0 radical (unpaired) electrons. The number of carbonyl (C=O) groups is 1. The van der Waals surface area contributed by atoms with Crippen LogP contribution in [0.5, 0.6) is 11.5 Å². The summed E-state index contributed by atoms with van der Waals surface area (Å²) in [5.41, 5.74) is 4.09. The largest absolute Gasteiger partial charge is 0.494 e. The summed E-state index contributed by atoms with van der Waals surface area (Å²) in [6, 6.07) is 20.6. The molecule has 8 nitrogen and oxygen atoms in total. The van der Waals surface area contributed by atoms with Crippen LogP contribution in [-0.2, 0) is 4.79 Å². The number of anilines is 1. The molecule has 1 heterocycles. The maximum Gasteiger partial charge on any atom is 0.282 e. The van der Waals surface area contributed by atoms with E-state index in [1.807, 2.05) is 50.2 Å². The first-order valence-corrected chi connectivity index (χ1v) is 16.7. The standard InChI is InChI=1S/C35H31FI2N4O4/c1-5-45-31-13-21(4)27(17-26(31)20(2)3)34-41-30-12-7-6-11-25(30)35(44)42(34)39-18-22-14-28(37)33(29(38)15-22)46-19-32(43)40-24-10-8-9-23(36)16-24/h6-18,20H,5,19H2,1-4H3,(H,40,43). The molecular weight excluding hydrogens is 813 g/mol. The predicted octanol–water partition coefficient (Wildman–Crippen LogP) is 8.14. The maximum atomic E-state index is 13.8. The highest BCUT2D eigenvalue weighted by molar-refractivity contribution is 14.1. The minimum Gasteiger partial charge on any atom is -0.494 e. The fourth-order valence-electron chi connectivity index (χ4n) is 4.89. The Kier molecular flexibility index (Phi) is 10.7. The number of carbonyl (C=O) groups excluding carboxylic acids is 1. The minimum absolute atomic E-state index is 0.183. The van der Waals surface area contributed by atoms with E-state index in [1.54, 1.807) is 24.4 Å². The first-order valence-electron chi connectivity index (χ1n) is 14.6. The maximum absolute atomic E-state index is 13.8. The van der Waals surface area contributed by atoms with Gasteiger partial charge in [0.15, 0.2) is 12.4 Å². The number of hydrogen-bond donors (Lipinski definition) is 1. The summed E-state index contributed by atoms with van der Waals surface area (Å²) < 4.78 is 28.1. The van der Waals surface area contributed by atoms with E-state index in [1.165, 1.54) is 22.9 Å². The molecule has 0 bridgehead atoms. The van der Waals surface area contributed by atoms with Crippen molar-refractivity contribution in [1.29, 1.82) is 0 Å². The van der Waals surface area contributed by atoms with Crippen molar-refractivity contribution in [3.05, 3.63) is 113 Å². The smallest absolute Gasteiger partial charge is 0.282 e. The van der Waals surface area contributed by atoms with Crippen molar-refractivity contribution >= 4 is 73.9 Å². The van der Waals surface area contributed by atoms with Gasteiger partial charge in [-0.05, 0) is 136 Å². The van der Waals surface area contributed by atoms with Gasteiger partial charge in [0.2, 0.25) is 0 Å². The number of fused-ring (bicyclic) bond motifs is 1. The number of nitrogens with zero attached hydrogens (tertiary/aromatic N) is 3. The zero-order chi connectivity index (χ0) is 33.0. The van der Waals surface area contributed by atoms with Crippen molar-refractivity contribution in [3.63, 3.8) is 0 Å². The van der Waals surface area contributed by atoms with Crippen LogP contribution in [0.4, 0.5) is 10.1 Å². The van der Waals surface area contributed by atoms with Crippen LogP contribution in [0.25, 0.3) is 22.3 Å². The summed E-state index contributed by atoms with van der Waals surface area (Å²) in [7, 11) is 0. The van der Waals surface area contributed by atoms with E-state index >= 15 is 0 Å². The molecule has 1 N–H and O–H groups in total. The quantitative estimate of drug-likeness (QED) is 0.113. The third-order valence-electron chi connectivity index (χ3n) is 7.07.